The number of likely N-dealkylation sites (tertiary alicyclic amines) is 1. The predicted molar refractivity (Wildman–Crippen MR) is 60.9 cm³/mol. The normalized spacial score (nSPS) is 25.9. The van der Waals surface area contributed by atoms with E-state index in [0.717, 1.165) is 25.9 Å². The molecule has 0 spiro atoms. The second kappa shape index (κ2) is 4.12. The molecule has 0 aromatic rings. The fourth-order valence-corrected chi connectivity index (χ4v) is 2.12. The standard InChI is InChI=1S/C12H23NO2/c1-5-12(4,10(14)15)13-8-6-11(2,3)7-9-13/h5-9H2,1-4H3,(H,14,15). The van der Waals surface area contributed by atoms with E-state index in [1.54, 1.807) is 0 Å². The van der Waals surface area contributed by atoms with Gasteiger partial charge in [0.1, 0.15) is 5.54 Å². The number of aliphatic carboxylic acids is 1. The van der Waals surface area contributed by atoms with Crippen LogP contribution in [0.4, 0.5) is 0 Å². The van der Waals surface area contributed by atoms with Crippen LogP contribution in [0.25, 0.3) is 0 Å². The molecule has 0 aromatic heterocycles. The summed E-state index contributed by atoms with van der Waals surface area (Å²) in [7, 11) is 0. The van der Waals surface area contributed by atoms with Crippen LogP contribution in [0.1, 0.15) is 47.0 Å². The van der Waals surface area contributed by atoms with Gasteiger partial charge in [-0.1, -0.05) is 20.8 Å². The molecular weight excluding hydrogens is 190 g/mol. The lowest BCUT2D eigenvalue weighted by atomic mass is 9.80. The molecule has 1 N–H and O–H groups in total. The minimum atomic E-state index is -0.690. The molecule has 0 saturated carbocycles. The second-order valence-electron chi connectivity index (χ2n) is 5.58. The summed E-state index contributed by atoms with van der Waals surface area (Å²) in [6.45, 7) is 10.1. The number of hydrogen-bond donors (Lipinski definition) is 1. The summed E-state index contributed by atoms with van der Waals surface area (Å²) in [4.78, 5) is 13.4. The predicted octanol–water partition coefficient (Wildman–Crippen LogP) is 2.36. The monoisotopic (exact) mass is 213 g/mol. The number of hydrogen-bond acceptors (Lipinski definition) is 2. The SMILES string of the molecule is CCC(C)(C(=O)O)N1CCC(C)(C)CC1. The van der Waals surface area contributed by atoms with Gasteiger partial charge in [0.15, 0.2) is 0 Å². The quantitative estimate of drug-likeness (QED) is 0.782. The van der Waals surface area contributed by atoms with Crippen LogP contribution >= 0.6 is 0 Å². The maximum absolute atomic E-state index is 11.3. The summed E-state index contributed by atoms with van der Waals surface area (Å²) in [6.07, 6.45) is 2.86. The van der Waals surface area contributed by atoms with Crippen LogP contribution in [0.2, 0.25) is 0 Å². The maximum Gasteiger partial charge on any atom is 0.323 e. The minimum Gasteiger partial charge on any atom is -0.480 e. The maximum atomic E-state index is 11.3. The van der Waals surface area contributed by atoms with Gasteiger partial charge in [0.05, 0.1) is 0 Å². The molecule has 0 aromatic carbocycles. The third-order valence-corrected chi connectivity index (χ3v) is 3.96. The Kier molecular flexibility index (Phi) is 3.44. The van der Waals surface area contributed by atoms with Crippen LogP contribution in [0.15, 0.2) is 0 Å². The van der Waals surface area contributed by atoms with Crippen molar-refractivity contribution in [3.63, 3.8) is 0 Å². The third-order valence-electron chi connectivity index (χ3n) is 3.96. The molecule has 3 heteroatoms. The van der Waals surface area contributed by atoms with Gasteiger partial charge in [-0.2, -0.15) is 0 Å². The zero-order chi connectivity index (χ0) is 11.7. The smallest absolute Gasteiger partial charge is 0.323 e. The Bertz CT molecular complexity index is 240. The average molecular weight is 213 g/mol. The summed E-state index contributed by atoms with van der Waals surface area (Å²) < 4.78 is 0. The molecule has 1 unspecified atom stereocenters. The molecule has 88 valence electrons. The Balaban J connectivity index is 2.70. The Morgan fingerprint density at radius 1 is 1.40 bits per heavy atom. The van der Waals surface area contributed by atoms with Crippen molar-refractivity contribution in [2.45, 2.75) is 52.5 Å². The minimum absolute atomic E-state index is 0.379. The number of carboxylic acids is 1. The molecule has 1 rings (SSSR count). The van der Waals surface area contributed by atoms with Gasteiger partial charge in [-0.25, -0.2) is 0 Å². The Labute approximate surface area is 92.5 Å². The van der Waals surface area contributed by atoms with E-state index in [2.05, 4.69) is 18.7 Å². The molecule has 1 heterocycles. The number of piperidine rings is 1. The van der Waals surface area contributed by atoms with Gasteiger partial charge in [-0.15, -0.1) is 0 Å². The van der Waals surface area contributed by atoms with Gasteiger partial charge in [0.2, 0.25) is 0 Å². The highest BCUT2D eigenvalue weighted by molar-refractivity contribution is 5.78. The molecule has 3 nitrogen and oxygen atoms in total. The Hall–Kier alpha value is -0.570. The van der Waals surface area contributed by atoms with Gasteiger partial charge < -0.3 is 5.11 Å². The number of nitrogens with zero attached hydrogens (tertiary/aromatic N) is 1. The molecular formula is C12H23NO2. The van der Waals surface area contributed by atoms with Crippen molar-refractivity contribution in [2.24, 2.45) is 5.41 Å². The fourth-order valence-electron chi connectivity index (χ4n) is 2.12. The van der Waals surface area contributed by atoms with E-state index in [1.807, 2.05) is 13.8 Å². The lowest BCUT2D eigenvalue weighted by molar-refractivity contribution is -0.152. The summed E-state index contributed by atoms with van der Waals surface area (Å²) in [5.41, 5.74) is -0.292. The van der Waals surface area contributed by atoms with Crippen molar-refractivity contribution < 1.29 is 9.90 Å². The molecule has 1 saturated heterocycles. The molecule has 15 heavy (non-hydrogen) atoms. The highest BCUT2D eigenvalue weighted by atomic mass is 16.4. The van der Waals surface area contributed by atoms with Crippen molar-refractivity contribution in [1.82, 2.24) is 4.90 Å². The van der Waals surface area contributed by atoms with Crippen LogP contribution in [0, 0.1) is 5.41 Å². The molecule has 0 aliphatic carbocycles. The zero-order valence-corrected chi connectivity index (χ0v) is 10.3. The highest BCUT2D eigenvalue weighted by Gasteiger charge is 2.40. The van der Waals surface area contributed by atoms with E-state index in [4.69, 9.17) is 0 Å². The summed E-state index contributed by atoms with van der Waals surface area (Å²) in [5.74, 6) is -0.690. The number of carboxylic acid groups (broad SMARTS) is 1. The molecule has 0 radical (unpaired) electrons. The van der Waals surface area contributed by atoms with Gasteiger partial charge in [0.25, 0.3) is 0 Å². The van der Waals surface area contributed by atoms with E-state index in [1.165, 1.54) is 0 Å². The first-order valence-corrected chi connectivity index (χ1v) is 5.80. The molecule has 1 atom stereocenters. The van der Waals surface area contributed by atoms with Crippen LogP contribution in [0.5, 0.6) is 0 Å². The van der Waals surface area contributed by atoms with E-state index in [0.29, 0.717) is 11.8 Å². The average Bonchev–Trinajstić information content (AvgIpc) is 2.16. The van der Waals surface area contributed by atoms with Crippen LogP contribution in [0.3, 0.4) is 0 Å². The van der Waals surface area contributed by atoms with E-state index in [9.17, 15) is 9.90 Å². The topological polar surface area (TPSA) is 40.5 Å². The van der Waals surface area contributed by atoms with Gasteiger partial charge >= 0.3 is 5.97 Å². The fraction of sp³-hybridized carbons (Fsp3) is 0.917. The third kappa shape index (κ3) is 2.51. The number of carbonyl (C=O) groups is 1. The van der Waals surface area contributed by atoms with Gasteiger partial charge in [-0.05, 0) is 44.7 Å². The summed E-state index contributed by atoms with van der Waals surface area (Å²) >= 11 is 0. The van der Waals surface area contributed by atoms with E-state index < -0.39 is 11.5 Å². The molecule has 1 fully saturated rings. The van der Waals surface area contributed by atoms with Crippen molar-refractivity contribution in [3.05, 3.63) is 0 Å². The van der Waals surface area contributed by atoms with E-state index in [-0.39, 0.29) is 0 Å². The first kappa shape index (κ1) is 12.5. The van der Waals surface area contributed by atoms with Crippen molar-refractivity contribution >= 4 is 5.97 Å². The lowest BCUT2D eigenvalue weighted by Crippen LogP contribution is -2.55. The van der Waals surface area contributed by atoms with E-state index >= 15 is 0 Å². The van der Waals surface area contributed by atoms with Crippen molar-refractivity contribution in [1.29, 1.82) is 0 Å². The molecule has 1 aliphatic rings. The van der Waals surface area contributed by atoms with Crippen LogP contribution < -0.4 is 0 Å². The largest absolute Gasteiger partial charge is 0.480 e. The summed E-state index contributed by atoms with van der Waals surface area (Å²) in [5, 5.41) is 9.27. The zero-order valence-electron chi connectivity index (χ0n) is 10.3. The van der Waals surface area contributed by atoms with Crippen LogP contribution in [-0.2, 0) is 4.79 Å². The number of rotatable bonds is 3. The highest BCUT2D eigenvalue weighted by Crippen LogP contribution is 2.33. The van der Waals surface area contributed by atoms with Crippen molar-refractivity contribution in [3.8, 4) is 0 Å². The molecule has 1 aliphatic heterocycles. The molecule has 0 amide bonds. The Morgan fingerprint density at radius 3 is 2.20 bits per heavy atom. The second-order valence-corrected chi connectivity index (χ2v) is 5.58. The Morgan fingerprint density at radius 2 is 1.87 bits per heavy atom. The lowest BCUT2D eigenvalue weighted by Gasteiger charge is -2.44. The van der Waals surface area contributed by atoms with Gasteiger partial charge in [0, 0.05) is 0 Å². The summed E-state index contributed by atoms with van der Waals surface area (Å²) in [6, 6.07) is 0. The van der Waals surface area contributed by atoms with Crippen molar-refractivity contribution in [2.75, 3.05) is 13.1 Å². The first-order chi connectivity index (χ1) is 6.82. The van der Waals surface area contributed by atoms with Gasteiger partial charge in [-0.3, -0.25) is 9.69 Å². The molecule has 0 bridgehead atoms. The first-order valence-electron chi connectivity index (χ1n) is 5.80. The van der Waals surface area contributed by atoms with Crippen LogP contribution in [-0.4, -0.2) is 34.6 Å².